The molecule has 102 valence electrons. The molecule has 1 aliphatic heterocycles. The van der Waals surface area contributed by atoms with Crippen LogP contribution in [0.5, 0.6) is 0 Å². The Kier molecular flexibility index (Phi) is 4.20. The minimum atomic E-state index is -0.221. The second-order valence-electron chi connectivity index (χ2n) is 5.02. The van der Waals surface area contributed by atoms with Gasteiger partial charge in [-0.25, -0.2) is 0 Å². The fourth-order valence-corrected chi connectivity index (χ4v) is 2.34. The molecule has 0 radical (unpaired) electrons. The smallest absolute Gasteiger partial charge is 0.310 e. The van der Waals surface area contributed by atoms with Crippen LogP contribution < -0.4 is 0 Å². The lowest BCUT2D eigenvalue weighted by molar-refractivity contribution is -0.150. The average Bonchev–Trinajstić information content (AvgIpc) is 2.43. The van der Waals surface area contributed by atoms with Gasteiger partial charge >= 0.3 is 5.97 Å². The molecule has 1 atom stereocenters. The van der Waals surface area contributed by atoms with Crippen LogP contribution in [0.1, 0.15) is 24.0 Å². The minimum Gasteiger partial charge on any atom is -0.469 e. The fourth-order valence-electron chi connectivity index (χ4n) is 2.34. The van der Waals surface area contributed by atoms with Gasteiger partial charge in [0.05, 0.1) is 13.0 Å². The Hall–Kier alpha value is -1.84. The van der Waals surface area contributed by atoms with Crippen LogP contribution in [-0.4, -0.2) is 30.4 Å². The second kappa shape index (κ2) is 5.87. The van der Waals surface area contributed by atoms with Gasteiger partial charge in [0.15, 0.2) is 0 Å². The number of aryl methyl sites for hydroxylation is 1. The van der Waals surface area contributed by atoms with Crippen molar-refractivity contribution in [3.63, 3.8) is 0 Å². The highest BCUT2D eigenvalue weighted by Gasteiger charge is 2.30. The van der Waals surface area contributed by atoms with E-state index in [1.54, 1.807) is 4.90 Å². The van der Waals surface area contributed by atoms with Crippen molar-refractivity contribution in [1.82, 2.24) is 4.90 Å². The summed E-state index contributed by atoms with van der Waals surface area (Å²) in [7, 11) is 1.39. The molecule has 0 saturated carbocycles. The van der Waals surface area contributed by atoms with Crippen LogP contribution in [0.3, 0.4) is 0 Å². The van der Waals surface area contributed by atoms with Gasteiger partial charge in [-0.05, 0) is 18.9 Å². The maximum absolute atomic E-state index is 11.9. The lowest BCUT2D eigenvalue weighted by Crippen LogP contribution is -2.42. The van der Waals surface area contributed by atoms with Crippen LogP contribution in [0.15, 0.2) is 24.3 Å². The number of carbonyl (C=O) groups is 2. The molecule has 1 fully saturated rings. The molecular formula is C15H19NO3. The van der Waals surface area contributed by atoms with Gasteiger partial charge in [0.25, 0.3) is 0 Å². The first-order valence-corrected chi connectivity index (χ1v) is 6.51. The topological polar surface area (TPSA) is 46.6 Å². The number of ether oxygens (including phenoxy) is 1. The van der Waals surface area contributed by atoms with Crippen molar-refractivity contribution < 1.29 is 14.3 Å². The summed E-state index contributed by atoms with van der Waals surface area (Å²) in [5.41, 5.74) is 2.28. The van der Waals surface area contributed by atoms with E-state index in [4.69, 9.17) is 4.74 Å². The summed E-state index contributed by atoms with van der Waals surface area (Å²) >= 11 is 0. The van der Waals surface area contributed by atoms with E-state index in [-0.39, 0.29) is 17.8 Å². The van der Waals surface area contributed by atoms with E-state index >= 15 is 0 Å². The summed E-state index contributed by atoms with van der Waals surface area (Å²) in [6.07, 6.45) is 1.02. The number of amides is 1. The highest BCUT2D eigenvalue weighted by atomic mass is 16.5. The van der Waals surface area contributed by atoms with Gasteiger partial charge in [-0.3, -0.25) is 9.59 Å². The average molecular weight is 261 g/mol. The van der Waals surface area contributed by atoms with Gasteiger partial charge in [-0.2, -0.15) is 0 Å². The van der Waals surface area contributed by atoms with Crippen molar-refractivity contribution in [2.75, 3.05) is 13.7 Å². The zero-order valence-corrected chi connectivity index (χ0v) is 11.4. The zero-order valence-electron chi connectivity index (χ0n) is 11.4. The molecule has 19 heavy (non-hydrogen) atoms. The van der Waals surface area contributed by atoms with Crippen molar-refractivity contribution in [3.8, 4) is 0 Å². The van der Waals surface area contributed by atoms with E-state index in [1.165, 1.54) is 12.7 Å². The Morgan fingerprint density at radius 3 is 2.68 bits per heavy atom. The molecule has 0 unspecified atom stereocenters. The summed E-state index contributed by atoms with van der Waals surface area (Å²) in [5.74, 6) is -0.296. The van der Waals surface area contributed by atoms with Crippen LogP contribution in [0.2, 0.25) is 0 Å². The number of esters is 1. The number of hydrogen-bond donors (Lipinski definition) is 0. The third-order valence-electron chi connectivity index (χ3n) is 3.53. The predicted octanol–water partition coefficient (Wildman–Crippen LogP) is 1.91. The Bertz CT molecular complexity index is 467. The summed E-state index contributed by atoms with van der Waals surface area (Å²) in [6.45, 7) is 3.05. The van der Waals surface area contributed by atoms with Gasteiger partial charge in [0.1, 0.15) is 0 Å². The van der Waals surface area contributed by atoms with Crippen LogP contribution in [0, 0.1) is 12.8 Å². The number of methoxy groups -OCH3 is 1. The maximum Gasteiger partial charge on any atom is 0.310 e. The third kappa shape index (κ3) is 3.34. The fraction of sp³-hybridized carbons (Fsp3) is 0.467. The first-order chi connectivity index (χ1) is 9.10. The van der Waals surface area contributed by atoms with E-state index in [1.807, 2.05) is 31.2 Å². The Balaban J connectivity index is 2.03. The van der Waals surface area contributed by atoms with Crippen molar-refractivity contribution in [2.45, 2.75) is 26.3 Å². The number of rotatable bonds is 3. The van der Waals surface area contributed by atoms with Gasteiger partial charge in [0.2, 0.25) is 5.91 Å². The molecule has 0 bridgehead atoms. The summed E-state index contributed by atoms with van der Waals surface area (Å²) in [4.78, 5) is 25.2. The van der Waals surface area contributed by atoms with Gasteiger partial charge in [-0.1, -0.05) is 29.8 Å². The van der Waals surface area contributed by atoms with Crippen molar-refractivity contribution in [1.29, 1.82) is 0 Å². The summed E-state index contributed by atoms with van der Waals surface area (Å²) < 4.78 is 4.76. The second-order valence-corrected chi connectivity index (χ2v) is 5.02. The Labute approximate surface area is 113 Å². The number of nitrogens with zero attached hydrogens (tertiary/aromatic N) is 1. The molecular weight excluding hydrogens is 242 g/mol. The number of carbonyl (C=O) groups excluding carboxylic acids is 2. The minimum absolute atomic E-state index is 0.112. The number of likely N-dealkylation sites (tertiary alicyclic amines) is 1. The van der Waals surface area contributed by atoms with E-state index in [0.717, 1.165) is 5.56 Å². The highest BCUT2D eigenvalue weighted by Crippen LogP contribution is 2.20. The largest absolute Gasteiger partial charge is 0.469 e. The van der Waals surface area contributed by atoms with Gasteiger partial charge < -0.3 is 9.64 Å². The molecule has 0 spiro atoms. The molecule has 0 aliphatic carbocycles. The molecule has 1 aromatic carbocycles. The lowest BCUT2D eigenvalue weighted by Gasteiger charge is -2.31. The molecule has 0 N–H and O–H groups in total. The van der Waals surface area contributed by atoms with E-state index < -0.39 is 0 Å². The number of hydrogen-bond acceptors (Lipinski definition) is 3. The zero-order chi connectivity index (χ0) is 13.8. The number of piperidine rings is 1. The van der Waals surface area contributed by atoms with E-state index in [9.17, 15) is 9.59 Å². The van der Waals surface area contributed by atoms with Gasteiger partial charge in [-0.15, -0.1) is 0 Å². The van der Waals surface area contributed by atoms with Gasteiger partial charge in [0, 0.05) is 19.5 Å². The van der Waals surface area contributed by atoms with Crippen molar-refractivity contribution in [3.05, 3.63) is 35.4 Å². The van der Waals surface area contributed by atoms with Crippen LogP contribution in [0.4, 0.5) is 0 Å². The van der Waals surface area contributed by atoms with Crippen molar-refractivity contribution >= 4 is 11.9 Å². The molecule has 4 nitrogen and oxygen atoms in total. The van der Waals surface area contributed by atoms with E-state index in [0.29, 0.717) is 25.9 Å². The predicted molar refractivity (Wildman–Crippen MR) is 71.3 cm³/mol. The molecule has 1 aliphatic rings. The SMILES string of the molecule is COC(=O)[C@@H]1CCC(=O)N(Cc2ccc(C)cc2)C1. The summed E-state index contributed by atoms with van der Waals surface area (Å²) in [6, 6.07) is 8.10. The van der Waals surface area contributed by atoms with Crippen LogP contribution in [-0.2, 0) is 20.9 Å². The third-order valence-corrected chi connectivity index (χ3v) is 3.53. The molecule has 1 aromatic rings. The first-order valence-electron chi connectivity index (χ1n) is 6.51. The molecule has 2 rings (SSSR count). The van der Waals surface area contributed by atoms with Crippen molar-refractivity contribution in [2.24, 2.45) is 5.92 Å². The summed E-state index contributed by atoms with van der Waals surface area (Å²) in [5, 5.41) is 0. The first kappa shape index (κ1) is 13.6. The number of benzene rings is 1. The van der Waals surface area contributed by atoms with Crippen LogP contribution in [0.25, 0.3) is 0 Å². The maximum atomic E-state index is 11.9. The normalized spacial score (nSPS) is 19.4. The molecule has 1 heterocycles. The monoisotopic (exact) mass is 261 g/mol. The quantitative estimate of drug-likeness (QED) is 0.781. The Morgan fingerprint density at radius 2 is 2.05 bits per heavy atom. The molecule has 1 saturated heterocycles. The molecule has 1 amide bonds. The van der Waals surface area contributed by atoms with E-state index in [2.05, 4.69) is 0 Å². The standard InChI is InChI=1S/C15H19NO3/c1-11-3-5-12(6-4-11)9-16-10-13(15(18)19-2)7-8-14(16)17/h3-6,13H,7-10H2,1-2H3/t13-/m1/s1. The molecule has 0 aromatic heterocycles. The molecule has 4 heteroatoms. The Morgan fingerprint density at radius 1 is 1.37 bits per heavy atom. The van der Waals surface area contributed by atoms with Crippen LogP contribution >= 0.6 is 0 Å². The lowest BCUT2D eigenvalue weighted by atomic mass is 9.97. The highest BCUT2D eigenvalue weighted by molar-refractivity contribution is 5.81.